The van der Waals surface area contributed by atoms with Gasteiger partial charge in [0.25, 0.3) is 0 Å². The van der Waals surface area contributed by atoms with Gasteiger partial charge < -0.3 is 24.8 Å². The summed E-state index contributed by atoms with van der Waals surface area (Å²) < 4.78 is 11.0. The number of hydrogen-bond donors (Lipinski definition) is 3. The molecule has 3 aliphatic heterocycles. The molecule has 0 aromatic rings. The minimum Gasteiger partial charge on any atom is -0.423 e. The van der Waals surface area contributed by atoms with Gasteiger partial charge in [0, 0.05) is 17.9 Å². The summed E-state index contributed by atoms with van der Waals surface area (Å²) in [5, 5.41) is 30.4. The fourth-order valence-corrected chi connectivity index (χ4v) is 3.39. The molecule has 116 valence electrons. The zero-order valence-corrected chi connectivity index (χ0v) is 12.1. The number of esters is 1. The average Bonchev–Trinajstić information content (AvgIpc) is 2.87. The van der Waals surface area contributed by atoms with Gasteiger partial charge in [0.15, 0.2) is 5.79 Å². The van der Waals surface area contributed by atoms with Crippen LogP contribution in [-0.4, -0.2) is 45.4 Å². The molecule has 3 aliphatic rings. The highest BCUT2D eigenvalue weighted by atomic mass is 16.6. The summed E-state index contributed by atoms with van der Waals surface area (Å²) in [6.07, 6.45) is 1.91. The van der Waals surface area contributed by atoms with Crippen molar-refractivity contribution in [2.45, 2.75) is 50.6 Å². The smallest absolute Gasteiger partial charge is 0.342 e. The molecule has 1 fully saturated rings. The van der Waals surface area contributed by atoms with Crippen molar-refractivity contribution in [1.29, 1.82) is 0 Å². The molecule has 6 heteroatoms. The quantitative estimate of drug-likeness (QED) is 0.605. The summed E-state index contributed by atoms with van der Waals surface area (Å²) in [5.41, 5.74) is -0.372. The van der Waals surface area contributed by atoms with Gasteiger partial charge in [-0.15, -0.1) is 0 Å². The molecule has 0 aromatic heterocycles. The molecule has 0 amide bonds. The van der Waals surface area contributed by atoms with Gasteiger partial charge >= 0.3 is 5.97 Å². The van der Waals surface area contributed by atoms with Gasteiger partial charge in [0.2, 0.25) is 0 Å². The molecule has 0 aromatic carbocycles. The van der Waals surface area contributed by atoms with Crippen LogP contribution in [0.25, 0.3) is 0 Å². The monoisotopic (exact) mass is 296 g/mol. The maximum absolute atomic E-state index is 11.8. The molecule has 4 atom stereocenters. The second-order valence-electron chi connectivity index (χ2n) is 6.36. The van der Waals surface area contributed by atoms with Crippen LogP contribution in [0.4, 0.5) is 0 Å². The highest BCUT2D eigenvalue weighted by Gasteiger charge is 2.51. The van der Waals surface area contributed by atoms with Gasteiger partial charge in [-0.3, -0.25) is 0 Å². The molecule has 3 N–H and O–H groups in total. The predicted octanol–water partition coefficient (Wildman–Crippen LogP) is 0.374. The average molecular weight is 296 g/mol. The second kappa shape index (κ2) is 4.64. The molecule has 21 heavy (non-hydrogen) atoms. The van der Waals surface area contributed by atoms with Crippen LogP contribution in [-0.2, 0) is 14.3 Å². The normalized spacial score (nSPS) is 42.9. The SMILES string of the molecule is C[C@@H]1C[C@H](O)C2=C(CO)C(=O)OC2=C[C@@]2(C)CC[C@]1(O)O2. The lowest BCUT2D eigenvalue weighted by Gasteiger charge is -2.32. The van der Waals surface area contributed by atoms with Crippen LogP contribution in [0.15, 0.2) is 23.0 Å². The van der Waals surface area contributed by atoms with Crippen molar-refractivity contribution in [1.82, 2.24) is 0 Å². The Morgan fingerprint density at radius 3 is 2.81 bits per heavy atom. The molecular weight excluding hydrogens is 276 g/mol. The van der Waals surface area contributed by atoms with E-state index in [0.29, 0.717) is 18.4 Å². The molecule has 0 saturated carbocycles. The third kappa shape index (κ3) is 2.23. The summed E-state index contributed by atoms with van der Waals surface area (Å²) in [5.74, 6) is -2.01. The van der Waals surface area contributed by atoms with Crippen LogP contribution in [0, 0.1) is 5.92 Å². The number of hydrogen-bond acceptors (Lipinski definition) is 6. The number of fused-ring (bicyclic) bond motifs is 3. The summed E-state index contributed by atoms with van der Waals surface area (Å²) >= 11 is 0. The highest BCUT2D eigenvalue weighted by Crippen LogP contribution is 2.46. The van der Waals surface area contributed by atoms with Gasteiger partial charge in [-0.25, -0.2) is 4.79 Å². The summed E-state index contributed by atoms with van der Waals surface area (Å²) in [6.45, 7) is 3.13. The van der Waals surface area contributed by atoms with Gasteiger partial charge in [-0.05, 0) is 25.8 Å². The molecule has 6 nitrogen and oxygen atoms in total. The van der Waals surface area contributed by atoms with E-state index in [0.717, 1.165) is 0 Å². The molecule has 0 spiro atoms. The lowest BCUT2D eigenvalue weighted by Crippen LogP contribution is -2.39. The van der Waals surface area contributed by atoms with Crippen LogP contribution in [0.1, 0.15) is 33.1 Å². The Morgan fingerprint density at radius 1 is 1.43 bits per heavy atom. The zero-order valence-electron chi connectivity index (χ0n) is 12.1. The Hall–Kier alpha value is -1.21. The largest absolute Gasteiger partial charge is 0.423 e. The van der Waals surface area contributed by atoms with E-state index in [1.54, 1.807) is 13.0 Å². The number of ether oxygens (including phenoxy) is 2. The Bertz CT molecular complexity index is 550. The highest BCUT2D eigenvalue weighted by molar-refractivity contribution is 5.95. The van der Waals surface area contributed by atoms with Gasteiger partial charge in [-0.1, -0.05) is 6.92 Å². The van der Waals surface area contributed by atoms with E-state index < -0.39 is 30.1 Å². The standard InChI is InChI=1S/C15H20O6/c1-8-5-10(17)12-9(7-16)13(18)20-11(12)6-14(2)3-4-15(8,19)21-14/h6,8,10,16-17,19H,3-5,7H2,1-2H3/t8-,10+,14-,15+/m1/s1. The van der Waals surface area contributed by atoms with Crippen molar-refractivity contribution in [2.75, 3.05) is 6.61 Å². The third-order valence-corrected chi connectivity index (χ3v) is 4.70. The molecule has 2 bridgehead atoms. The lowest BCUT2D eigenvalue weighted by atomic mass is 9.86. The van der Waals surface area contributed by atoms with Crippen LogP contribution >= 0.6 is 0 Å². The predicted molar refractivity (Wildman–Crippen MR) is 71.7 cm³/mol. The number of carbonyl (C=O) groups is 1. The fourth-order valence-electron chi connectivity index (χ4n) is 3.39. The molecule has 0 aliphatic carbocycles. The van der Waals surface area contributed by atoms with Crippen LogP contribution in [0.2, 0.25) is 0 Å². The number of rotatable bonds is 1. The van der Waals surface area contributed by atoms with E-state index in [9.17, 15) is 20.1 Å². The summed E-state index contributed by atoms with van der Waals surface area (Å²) in [6, 6.07) is 0. The van der Waals surface area contributed by atoms with E-state index in [-0.39, 0.29) is 23.7 Å². The summed E-state index contributed by atoms with van der Waals surface area (Å²) in [7, 11) is 0. The first kappa shape index (κ1) is 14.7. The molecule has 3 rings (SSSR count). The van der Waals surface area contributed by atoms with E-state index in [4.69, 9.17) is 9.47 Å². The fraction of sp³-hybridized carbons (Fsp3) is 0.667. The molecule has 3 heterocycles. The second-order valence-corrected chi connectivity index (χ2v) is 6.36. The number of carbonyl (C=O) groups excluding carboxylic acids is 1. The van der Waals surface area contributed by atoms with Crippen LogP contribution in [0.5, 0.6) is 0 Å². The van der Waals surface area contributed by atoms with Crippen LogP contribution in [0.3, 0.4) is 0 Å². The van der Waals surface area contributed by atoms with E-state index >= 15 is 0 Å². The lowest BCUT2D eigenvalue weighted by molar-refractivity contribution is -0.238. The van der Waals surface area contributed by atoms with Crippen molar-refractivity contribution in [3.63, 3.8) is 0 Å². The Balaban J connectivity index is 2.12. The topological polar surface area (TPSA) is 96.2 Å². The first-order valence-electron chi connectivity index (χ1n) is 7.18. The maximum atomic E-state index is 11.8. The number of aliphatic hydroxyl groups excluding tert-OH is 2. The van der Waals surface area contributed by atoms with E-state index in [1.807, 2.05) is 6.92 Å². The first-order chi connectivity index (χ1) is 9.78. The third-order valence-electron chi connectivity index (χ3n) is 4.70. The van der Waals surface area contributed by atoms with Crippen molar-refractivity contribution < 1.29 is 29.6 Å². The van der Waals surface area contributed by atoms with Crippen molar-refractivity contribution in [3.8, 4) is 0 Å². The molecule has 0 unspecified atom stereocenters. The Labute approximate surface area is 122 Å². The summed E-state index contributed by atoms with van der Waals surface area (Å²) in [4.78, 5) is 11.8. The number of aliphatic hydroxyl groups is 3. The Morgan fingerprint density at radius 2 is 2.14 bits per heavy atom. The van der Waals surface area contributed by atoms with Crippen molar-refractivity contribution in [2.24, 2.45) is 5.92 Å². The van der Waals surface area contributed by atoms with Crippen molar-refractivity contribution >= 4 is 5.97 Å². The van der Waals surface area contributed by atoms with Gasteiger partial charge in [-0.2, -0.15) is 0 Å². The molecular formula is C15H20O6. The Kier molecular flexibility index (Phi) is 3.25. The minimum absolute atomic E-state index is 0.0781. The van der Waals surface area contributed by atoms with E-state index in [1.165, 1.54) is 0 Å². The molecule has 1 saturated heterocycles. The van der Waals surface area contributed by atoms with Crippen molar-refractivity contribution in [3.05, 3.63) is 23.0 Å². The van der Waals surface area contributed by atoms with Gasteiger partial charge in [0.1, 0.15) is 5.76 Å². The minimum atomic E-state index is -1.30. The van der Waals surface area contributed by atoms with E-state index in [2.05, 4.69) is 0 Å². The maximum Gasteiger partial charge on any atom is 0.342 e. The van der Waals surface area contributed by atoms with Crippen LogP contribution < -0.4 is 0 Å². The first-order valence-corrected chi connectivity index (χ1v) is 7.18. The zero-order chi connectivity index (χ0) is 15.4. The van der Waals surface area contributed by atoms with Gasteiger partial charge in [0.05, 0.1) is 23.9 Å². The molecule has 0 radical (unpaired) electrons.